The fourth-order valence-corrected chi connectivity index (χ4v) is 4.53. The van der Waals surface area contributed by atoms with E-state index >= 15 is 0 Å². The van der Waals surface area contributed by atoms with Crippen LogP contribution in [0.2, 0.25) is 10.0 Å². The van der Waals surface area contributed by atoms with Gasteiger partial charge in [-0.25, -0.2) is 4.68 Å². The number of benzene rings is 2. The van der Waals surface area contributed by atoms with Crippen LogP contribution in [0.1, 0.15) is 46.6 Å². The predicted molar refractivity (Wildman–Crippen MR) is 137 cm³/mol. The summed E-state index contributed by atoms with van der Waals surface area (Å²) < 4.78 is 7.56. The van der Waals surface area contributed by atoms with Crippen molar-refractivity contribution in [1.29, 1.82) is 0 Å². The van der Waals surface area contributed by atoms with Crippen LogP contribution < -0.4 is 9.64 Å². The smallest absolute Gasteiger partial charge is 0.244 e. The largest absolute Gasteiger partial charge is 0.455 e. The Morgan fingerprint density at radius 1 is 1.09 bits per heavy atom. The van der Waals surface area contributed by atoms with Crippen molar-refractivity contribution in [3.8, 4) is 5.88 Å². The molecule has 2 aromatic carbocycles. The molecule has 3 aromatic rings. The maximum Gasteiger partial charge on any atom is 0.244 e. The number of para-hydroxylation sites is 1. The van der Waals surface area contributed by atoms with E-state index in [9.17, 15) is 9.59 Å². The van der Waals surface area contributed by atoms with Crippen molar-refractivity contribution in [3.63, 3.8) is 0 Å². The van der Waals surface area contributed by atoms with Crippen molar-refractivity contribution < 1.29 is 14.3 Å². The molecule has 0 N–H and O–H groups in total. The molecule has 0 fully saturated rings. The lowest BCUT2D eigenvalue weighted by molar-refractivity contribution is -0.116. The molecule has 6 nitrogen and oxygen atoms in total. The Morgan fingerprint density at radius 3 is 2.29 bits per heavy atom. The maximum atomic E-state index is 13.4. The quantitative estimate of drug-likeness (QED) is 0.196. The van der Waals surface area contributed by atoms with Gasteiger partial charge in [0.25, 0.3) is 0 Å². The molecule has 3 rings (SSSR count). The number of ether oxygens (including phenoxy) is 1. The van der Waals surface area contributed by atoms with Crippen molar-refractivity contribution in [2.45, 2.75) is 33.6 Å². The molecular formula is C25H26Cl3N3O3. The van der Waals surface area contributed by atoms with Gasteiger partial charge < -0.3 is 4.74 Å². The Morgan fingerprint density at radius 2 is 1.74 bits per heavy atom. The zero-order chi connectivity index (χ0) is 25.0. The normalized spacial score (nSPS) is 10.9. The third-order valence-corrected chi connectivity index (χ3v) is 6.33. The highest BCUT2D eigenvalue weighted by Crippen LogP contribution is 2.31. The van der Waals surface area contributed by atoms with E-state index in [0.29, 0.717) is 10.7 Å². The van der Waals surface area contributed by atoms with Crippen molar-refractivity contribution in [2.24, 2.45) is 7.05 Å². The number of carbonyl (C=O) groups is 2. The Balaban J connectivity index is 2.01. The van der Waals surface area contributed by atoms with Gasteiger partial charge in [0.1, 0.15) is 11.4 Å². The molecule has 0 aliphatic heterocycles. The number of amides is 1. The second-order valence-electron chi connectivity index (χ2n) is 7.70. The molecule has 1 aromatic heterocycles. The third kappa shape index (κ3) is 5.24. The number of alkyl halides is 1. The molecule has 0 saturated heterocycles. The first kappa shape index (κ1) is 26.1. The van der Waals surface area contributed by atoms with Gasteiger partial charge in [0, 0.05) is 17.6 Å². The van der Waals surface area contributed by atoms with Crippen LogP contribution >= 0.6 is 34.8 Å². The fourth-order valence-electron chi connectivity index (χ4n) is 3.89. The highest BCUT2D eigenvalue weighted by Gasteiger charge is 2.27. The van der Waals surface area contributed by atoms with E-state index in [1.54, 1.807) is 26.1 Å². The number of nitrogens with zero attached hydrogens (tertiary/aromatic N) is 3. The first-order chi connectivity index (χ1) is 16.2. The number of aryl methyl sites for hydroxylation is 4. The summed E-state index contributed by atoms with van der Waals surface area (Å²) >= 11 is 18.2. The SMILES string of the molecule is CCc1cccc(CC)c1N(COc1c(C(=O)c2ccc(Cl)cc2Cl)c(C)nn1C)C(=O)CCl. The number of anilines is 1. The van der Waals surface area contributed by atoms with Crippen LogP contribution in [-0.4, -0.2) is 34.1 Å². The Hall–Kier alpha value is -2.54. The van der Waals surface area contributed by atoms with Crippen LogP contribution in [-0.2, 0) is 24.7 Å². The standard InChI is InChI=1S/C25H26Cl3N3O3/c1-5-16-8-7-9-17(6-2)23(16)31(21(32)13-26)14-34-25-22(15(3)29-30(25)4)24(33)19-11-10-18(27)12-20(19)28/h7-12H,5-6,13-14H2,1-4H3. The minimum absolute atomic E-state index is 0.136. The van der Waals surface area contributed by atoms with Gasteiger partial charge in [-0.1, -0.05) is 55.2 Å². The van der Waals surface area contributed by atoms with E-state index in [2.05, 4.69) is 5.10 Å². The van der Waals surface area contributed by atoms with Crippen LogP contribution in [0.4, 0.5) is 5.69 Å². The van der Waals surface area contributed by atoms with Gasteiger partial charge in [-0.3, -0.25) is 14.5 Å². The number of ketones is 1. The molecule has 0 bridgehead atoms. The second-order valence-corrected chi connectivity index (χ2v) is 8.81. The average Bonchev–Trinajstić information content (AvgIpc) is 3.10. The van der Waals surface area contributed by atoms with E-state index in [1.807, 2.05) is 32.0 Å². The van der Waals surface area contributed by atoms with Gasteiger partial charge in [0.05, 0.1) is 16.4 Å². The molecule has 0 saturated carbocycles. The number of rotatable bonds is 9. The van der Waals surface area contributed by atoms with Crippen LogP contribution in [0.15, 0.2) is 36.4 Å². The van der Waals surface area contributed by atoms with Crippen molar-refractivity contribution in [3.05, 3.63) is 74.4 Å². The molecule has 0 unspecified atom stereocenters. The molecule has 0 spiro atoms. The highest BCUT2D eigenvalue weighted by atomic mass is 35.5. The minimum atomic E-state index is -0.347. The van der Waals surface area contributed by atoms with Crippen LogP contribution in [0.5, 0.6) is 5.88 Å². The molecule has 9 heteroatoms. The summed E-state index contributed by atoms with van der Waals surface area (Å²) in [6.45, 7) is 5.63. The minimum Gasteiger partial charge on any atom is -0.455 e. The number of halogens is 3. The Kier molecular flexibility index (Phi) is 8.63. The van der Waals surface area contributed by atoms with E-state index in [4.69, 9.17) is 39.5 Å². The Bertz CT molecular complexity index is 1200. The van der Waals surface area contributed by atoms with Crippen LogP contribution in [0.3, 0.4) is 0 Å². The summed E-state index contributed by atoms with van der Waals surface area (Å²) in [6, 6.07) is 10.6. The topological polar surface area (TPSA) is 64.4 Å². The van der Waals surface area contributed by atoms with Crippen LogP contribution in [0.25, 0.3) is 0 Å². The number of hydrogen-bond acceptors (Lipinski definition) is 4. The van der Waals surface area contributed by atoms with E-state index in [-0.39, 0.29) is 46.3 Å². The number of hydrogen-bond donors (Lipinski definition) is 0. The van der Waals surface area contributed by atoms with Gasteiger partial charge in [0.15, 0.2) is 6.73 Å². The molecule has 0 radical (unpaired) electrons. The summed E-state index contributed by atoms with van der Waals surface area (Å²) in [6.07, 6.45) is 1.47. The Labute approximate surface area is 214 Å². The van der Waals surface area contributed by atoms with Gasteiger partial charge in [0.2, 0.25) is 17.6 Å². The predicted octanol–water partition coefficient (Wildman–Crippen LogP) is 6.00. The first-order valence-corrected chi connectivity index (χ1v) is 12.2. The zero-order valence-corrected chi connectivity index (χ0v) is 21.8. The first-order valence-electron chi connectivity index (χ1n) is 10.9. The van der Waals surface area contributed by atoms with Gasteiger partial charge in [-0.05, 0) is 49.1 Å². The summed E-state index contributed by atoms with van der Waals surface area (Å²) in [5.74, 6) is -0.625. The lowest BCUT2D eigenvalue weighted by Gasteiger charge is -2.27. The molecule has 1 heterocycles. The molecule has 0 atom stereocenters. The monoisotopic (exact) mass is 521 g/mol. The molecule has 180 valence electrons. The van der Waals surface area contributed by atoms with Crippen molar-refractivity contribution in [1.82, 2.24) is 9.78 Å². The molecule has 0 aliphatic carbocycles. The van der Waals surface area contributed by atoms with E-state index < -0.39 is 0 Å². The number of carbonyl (C=O) groups excluding carboxylic acids is 2. The fraction of sp³-hybridized carbons (Fsp3) is 0.320. The lowest BCUT2D eigenvalue weighted by atomic mass is 10.0. The summed E-state index contributed by atoms with van der Waals surface area (Å²) in [4.78, 5) is 27.8. The molecule has 0 aliphatic rings. The summed E-state index contributed by atoms with van der Waals surface area (Å²) in [5.41, 5.74) is 3.83. The van der Waals surface area contributed by atoms with E-state index in [1.165, 1.54) is 15.6 Å². The van der Waals surface area contributed by atoms with Crippen molar-refractivity contribution in [2.75, 3.05) is 17.5 Å². The third-order valence-electron chi connectivity index (χ3n) is 5.55. The zero-order valence-electron chi connectivity index (χ0n) is 19.5. The highest BCUT2D eigenvalue weighted by molar-refractivity contribution is 6.37. The van der Waals surface area contributed by atoms with Gasteiger partial charge in [-0.15, -0.1) is 11.6 Å². The maximum absolute atomic E-state index is 13.4. The summed E-state index contributed by atoms with van der Waals surface area (Å²) in [5, 5.41) is 5.02. The number of aromatic nitrogens is 2. The molecule has 34 heavy (non-hydrogen) atoms. The summed E-state index contributed by atoms with van der Waals surface area (Å²) in [7, 11) is 1.67. The molecular weight excluding hydrogens is 497 g/mol. The van der Waals surface area contributed by atoms with Gasteiger partial charge in [-0.2, -0.15) is 5.10 Å². The molecule has 1 amide bonds. The second kappa shape index (κ2) is 11.3. The van der Waals surface area contributed by atoms with Gasteiger partial charge >= 0.3 is 0 Å². The van der Waals surface area contributed by atoms with Crippen molar-refractivity contribution >= 4 is 52.2 Å². The van der Waals surface area contributed by atoms with Crippen LogP contribution in [0, 0.1) is 6.92 Å². The lowest BCUT2D eigenvalue weighted by Crippen LogP contribution is -2.37. The van der Waals surface area contributed by atoms with E-state index in [0.717, 1.165) is 29.7 Å². The average molecular weight is 523 g/mol.